The van der Waals surface area contributed by atoms with Gasteiger partial charge >= 0.3 is 5.97 Å². The van der Waals surface area contributed by atoms with E-state index in [0.29, 0.717) is 31.1 Å². The van der Waals surface area contributed by atoms with Crippen LogP contribution in [0.15, 0.2) is 41.5 Å². The molecule has 4 rings (SSSR count). The maximum Gasteiger partial charge on any atom is 0.306 e. The minimum absolute atomic E-state index is 0.0914. The number of carbonyl (C=O) groups is 1. The van der Waals surface area contributed by atoms with Gasteiger partial charge in [0.05, 0.1) is 43.1 Å². The number of hydrogen-bond acceptors (Lipinski definition) is 7. The summed E-state index contributed by atoms with van der Waals surface area (Å²) in [6.45, 7) is 9.00. The van der Waals surface area contributed by atoms with Crippen molar-refractivity contribution in [1.29, 1.82) is 0 Å². The fraction of sp³-hybridized carbons (Fsp3) is 0.423. The number of thioether (sulfide) groups is 1. The van der Waals surface area contributed by atoms with Crippen molar-refractivity contribution < 1.29 is 19.0 Å². The standard InChI is InChI=1S/C26H31N3O4S/c1-5-18(6-2)33-23-12-20(32-19-9-8-16(4)27-14-19)10-17-11-22(29-25(17)23)26-28-15-21(34-26)13-24(30)31-7-3/h8-12,14,18,21,29H,5-7,13,15H2,1-4H3. The number of aliphatic imine (C=N–C) groups is 1. The largest absolute Gasteiger partial charge is 0.488 e. The molecule has 1 atom stereocenters. The van der Waals surface area contributed by atoms with Crippen molar-refractivity contribution in [2.45, 2.75) is 58.3 Å². The smallest absolute Gasteiger partial charge is 0.306 e. The maximum absolute atomic E-state index is 11.9. The average Bonchev–Trinajstić information content (AvgIpc) is 3.46. The summed E-state index contributed by atoms with van der Waals surface area (Å²) >= 11 is 1.61. The molecule has 180 valence electrons. The zero-order valence-electron chi connectivity index (χ0n) is 20.1. The molecular formula is C26H31N3O4S. The summed E-state index contributed by atoms with van der Waals surface area (Å²) in [4.78, 5) is 24.4. The van der Waals surface area contributed by atoms with Crippen LogP contribution in [-0.2, 0) is 9.53 Å². The van der Waals surface area contributed by atoms with Crippen LogP contribution < -0.4 is 9.47 Å². The lowest BCUT2D eigenvalue weighted by Gasteiger charge is -2.17. The van der Waals surface area contributed by atoms with Crippen LogP contribution in [0, 0.1) is 6.92 Å². The minimum atomic E-state index is -0.179. The van der Waals surface area contributed by atoms with E-state index >= 15 is 0 Å². The van der Waals surface area contributed by atoms with E-state index in [2.05, 4.69) is 34.9 Å². The van der Waals surface area contributed by atoms with Crippen LogP contribution in [-0.4, -0.2) is 45.5 Å². The van der Waals surface area contributed by atoms with Gasteiger partial charge in [0, 0.05) is 22.4 Å². The highest BCUT2D eigenvalue weighted by atomic mass is 32.2. The number of nitrogens with zero attached hydrogens (tertiary/aromatic N) is 2. The highest BCUT2D eigenvalue weighted by molar-refractivity contribution is 8.15. The first kappa shape index (κ1) is 24.1. The quantitative estimate of drug-likeness (QED) is 0.355. The molecule has 1 aliphatic rings. The first-order valence-corrected chi connectivity index (χ1v) is 12.7. The fourth-order valence-electron chi connectivity index (χ4n) is 3.82. The van der Waals surface area contributed by atoms with E-state index < -0.39 is 0 Å². The van der Waals surface area contributed by atoms with Gasteiger partial charge in [-0.15, -0.1) is 0 Å². The Morgan fingerprint density at radius 2 is 2.00 bits per heavy atom. The number of aryl methyl sites for hydroxylation is 1. The molecule has 0 aliphatic carbocycles. The lowest BCUT2D eigenvalue weighted by Crippen LogP contribution is -2.14. The number of aromatic nitrogens is 2. The van der Waals surface area contributed by atoms with Crippen molar-refractivity contribution in [3.8, 4) is 17.2 Å². The van der Waals surface area contributed by atoms with Crippen LogP contribution in [0.1, 0.15) is 51.4 Å². The summed E-state index contributed by atoms with van der Waals surface area (Å²) in [7, 11) is 0. The molecule has 1 aliphatic heterocycles. The number of hydrogen-bond donors (Lipinski definition) is 1. The Morgan fingerprint density at radius 3 is 2.71 bits per heavy atom. The third-order valence-corrected chi connectivity index (χ3v) is 6.86. The van der Waals surface area contributed by atoms with Crippen molar-refractivity contribution >= 4 is 33.7 Å². The van der Waals surface area contributed by atoms with E-state index in [0.717, 1.165) is 45.9 Å². The summed E-state index contributed by atoms with van der Waals surface area (Å²) in [5.41, 5.74) is 2.76. The van der Waals surface area contributed by atoms with Gasteiger partial charge in [0.25, 0.3) is 0 Å². The number of H-pyrrole nitrogens is 1. The summed E-state index contributed by atoms with van der Waals surface area (Å²) in [5, 5.41) is 1.96. The van der Waals surface area contributed by atoms with E-state index in [9.17, 15) is 4.79 Å². The van der Waals surface area contributed by atoms with Gasteiger partial charge < -0.3 is 19.2 Å². The lowest BCUT2D eigenvalue weighted by molar-refractivity contribution is -0.143. The second-order valence-electron chi connectivity index (χ2n) is 8.26. The van der Waals surface area contributed by atoms with Crippen molar-refractivity contribution in [3.05, 3.63) is 47.9 Å². The van der Waals surface area contributed by atoms with Gasteiger partial charge in [-0.1, -0.05) is 25.6 Å². The first-order valence-electron chi connectivity index (χ1n) is 11.8. The Hall–Kier alpha value is -3.00. The molecule has 7 nitrogen and oxygen atoms in total. The van der Waals surface area contributed by atoms with Gasteiger partial charge in [-0.2, -0.15) is 0 Å². The van der Waals surface area contributed by atoms with Crippen molar-refractivity contribution in [2.24, 2.45) is 4.99 Å². The molecule has 1 unspecified atom stereocenters. The second kappa shape index (κ2) is 11.0. The van der Waals surface area contributed by atoms with Gasteiger partial charge in [-0.05, 0) is 51.0 Å². The number of ether oxygens (including phenoxy) is 3. The topological polar surface area (TPSA) is 85.8 Å². The number of nitrogens with one attached hydrogen (secondary N) is 1. The van der Waals surface area contributed by atoms with Crippen LogP contribution >= 0.6 is 11.8 Å². The Labute approximate surface area is 204 Å². The van der Waals surface area contributed by atoms with E-state index in [1.54, 1.807) is 18.0 Å². The summed E-state index contributed by atoms with van der Waals surface area (Å²) < 4.78 is 17.6. The molecule has 1 N–H and O–H groups in total. The van der Waals surface area contributed by atoms with Crippen molar-refractivity contribution in [3.63, 3.8) is 0 Å². The number of pyridine rings is 1. The molecule has 8 heteroatoms. The van der Waals surface area contributed by atoms with Gasteiger partial charge in [0.1, 0.15) is 22.3 Å². The summed E-state index contributed by atoms with van der Waals surface area (Å²) in [5.74, 6) is 1.93. The first-order chi connectivity index (χ1) is 16.5. The number of carbonyl (C=O) groups excluding carboxylic acids is 1. The molecule has 0 fully saturated rings. The molecule has 0 radical (unpaired) electrons. The molecule has 0 saturated carbocycles. The Balaban J connectivity index is 1.61. The zero-order valence-corrected chi connectivity index (χ0v) is 20.9. The average molecular weight is 482 g/mol. The minimum Gasteiger partial charge on any atom is -0.488 e. The fourth-order valence-corrected chi connectivity index (χ4v) is 4.89. The molecule has 2 aromatic heterocycles. The Bertz CT molecular complexity index is 1170. The molecule has 0 spiro atoms. The SMILES string of the molecule is CCOC(=O)CC1CN=C(c2cc3cc(Oc4ccc(C)nc4)cc(OC(CC)CC)c3[nH]2)S1. The Morgan fingerprint density at radius 1 is 1.18 bits per heavy atom. The van der Waals surface area contributed by atoms with Crippen LogP contribution in [0.3, 0.4) is 0 Å². The number of benzene rings is 1. The zero-order chi connectivity index (χ0) is 24.1. The normalized spacial score (nSPS) is 15.6. The van der Waals surface area contributed by atoms with Gasteiger partial charge in [0.15, 0.2) is 0 Å². The molecule has 0 amide bonds. The van der Waals surface area contributed by atoms with Gasteiger partial charge in [-0.3, -0.25) is 14.8 Å². The summed E-state index contributed by atoms with van der Waals surface area (Å²) in [6, 6.07) is 9.81. The van der Waals surface area contributed by atoms with E-state index in [4.69, 9.17) is 14.2 Å². The third-order valence-electron chi connectivity index (χ3n) is 5.64. The van der Waals surface area contributed by atoms with E-state index in [1.807, 2.05) is 38.1 Å². The number of esters is 1. The monoisotopic (exact) mass is 481 g/mol. The highest BCUT2D eigenvalue weighted by Crippen LogP contribution is 2.37. The maximum atomic E-state index is 11.9. The van der Waals surface area contributed by atoms with Gasteiger partial charge in [0.2, 0.25) is 0 Å². The second-order valence-corrected chi connectivity index (χ2v) is 9.55. The van der Waals surface area contributed by atoms with Crippen molar-refractivity contribution in [2.75, 3.05) is 13.2 Å². The lowest BCUT2D eigenvalue weighted by atomic mass is 10.2. The molecular weight excluding hydrogens is 450 g/mol. The molecule has 34 heavy (non-hydrogen) atoms. The number of rotatable bonds is 10. The molecule has 0 saturated heterocycles. The highest BCUT2D eigenvalue weighted by Gasteiger charge is 2.25. The van der Waals surface area contributed by atoms with Crippen LogP contribution in [0.5, 0.6) is 17.2 Å². The third kappa shape index (κ3) is 5.73. The molecule has 0 bridgehead atoms. The van der Waals surface area contributed by atoms with E-state index in [-0.39, 0.29) is 17.3 Å². The van der Waals surface area contributed by atoms with E-state index in [1.165, 1.54) is 0 Å². The number of aromatic amines is 1. The van der Waals surface area contributed by atoms with Crippen LogP contribution in [0.25, 0.3) is 10.9 Å². The predicted molar refractivity (Wildman–Crippen MR) is 136 cm³/mol. The van der Waals surface area contributed by atoms with Gasteiger partial charge in [-0.25, -0.2) is 0 Å². The molecule has 3 aromatic rings. The van der Waals surface area contributed by atoms with Crippen LogP contribution in [0.4, 0.5) is 0 Å². The Kier molecular flexibility index (Phi) is 7.77. The predicted octanol–water partition coefficient (Wildman–Crippen LogP) is 6.05. The van der Waals surface area contributed by atoms with Crippen LogP contribution in [0.2, 0.25) is 0 Å². The summed E-state index contributed by atoms with van der Waals surface area (Å²) in [6.07, 6.45) is 4.01. The molecule has 1 aromatic carbocycles. The van der Waals surface area contributed by atoms with Crippen molar-refractivity contribution in [1.82, 2.24) is 9.97 Å². The molecule has 3 heterocycles. The number of fused-ring (bicyclic) bond motifs is 1.